The number of nitrogens with one attached hydrogen (secondary N) is 1. The summed E-state index contributed by atoms with van der Waals surface area (Å²) in [6.45, 7) is 3.53. The van der Waals surface area contributed by atoms with Gasteiger partial charge in [-0.2, -0.15) is 0 Å². The molecule has 0 atom stereocenters. The summed E-state index contributed by atoms with van der Waals surface area (Å²) in [6, 6.07) is 3.39. The topological polar surface area (TPSA) is 46.2 Å². The van der Waals surface area contributed by atoms with Crippen LogP contribution in [0.25, 0.3) is 0 Å². The summed E-state index contributed by atoms with van der Waals surface area (Å²) in [4.78, 5) is 0.00532. The molecule has 1 rings (SSSR count). The molecule has 82 valence electrons. The van der Waals surface area contributed by atoms with Crippen LogP contribution in [0, 0.1) is 5.82 Å². The van der Waals surface area contributed by atoms with Crippen LogP contribution in [0.4, 0.5) is 4.39 Å². The molecule has 1 N–H and O–H groups in total. The molecule has 0 aliphatic heterocycles. The van der Waals surface area contributed by atoms with Gasteiger partial charge in [0.25, 0.3) is 0 Å². The summed E-state index contributed by atoms with van der Waals surface area (Å²) in [5.74, 6) is -0.496. The van der Waals surface area contributed by atoms with E-state index in [-0.39, 0.29) is 15.9 Å². The lowest BCUT2D eigenvalue weighted by molar-refractivity contribution is 0.584. The molecule has 0 heterocycles. The largest absolute Gasteiger partial charge is 0.241 e. The maximum atomic E-state index is 12.7. The Kier molecular flexibility index (Phi) is 4.01. The molecule has 0 amide bonds. The SMILES string of the molecule is C=CCNS(=O)(=O)c1ccc(F)cc1Br. The summed E-state index contributed by atoms with van der Waals surface area (Å²) in [5.41, 5.74) is 0. The molecule has 0 aromatic heterocycles. The third-order valence-corrected chi connectivity index (χ3v) is 4.00. The normalized spacial score (nSPS) is 11.3. The number of sulfonamides is 1. The monoisotopic (exact) mass is 293 g/mol. The van der Waals surface area contributed by atoms with E-state index in [4.69, 9.17) is 0 Å². The molecule has 0 unspecified atom stereocenters. The van der Waals surface area contributed by atoms with Crippen LogP contribution < -0.4 is 4.72 Å². The fourth-order valence-corrected chi connectivity index (χ4v) is 2.99. The Balaban J connectivity index is 3.10. The van der Waals surface area contributed by atoms with Crippen LogP contribution in [0.2, 0.25) is 0 Å². The Morgan fingerprint density at radius 1 is 1.53 bits per heavy atom. The number of rotatable bonds is 4. The van der Waals surface area contributed by atoms with Crippen molar-refractivity contribution in [3.05, 3.63) is 41.1 Å². The van der Waals surface area contributed by atoms with Gasteiger partial charge in [0, 0.05) is 11.0 Å². The van der Waals surface area contributed by atoms with E-state index in [0.29, 0.717) is 0 Å². The van der Waals surface area contributed by atoms with Crippen molar-refractivity contribution in [2.24, 2.45) is 0 Å². The summed E-state index contributed by atoms with van der Waals surface area (Å²) in [7, 11) is -3.60. The van der Waals surface area contributed by atoms with Crippen LogP contribution in [-0.4, -0.2) is 15.0 Å². The van der Waals surface area contributed by atoms with E-state index in [0.717, 1.165) is 12.1 Å². The first-order valence-electron chi connectivity index (χ1n) is 4.03. The molecule has 3 nitrogen and oxygen atoms in total. The van der Waals surface area contributed by atoms with Crippen molar-refractivity contribution < 1.29 is 12.8 Å². The smallest absolute Gasteiger partial charge is 0.207 e. The van der Waals surface area contributed by atoms with Crippen LogP contribution in [0.5, 0.6) is 0 Å². The van der Waals surface area contributed by atoms with Crippen molar-refractivity contribution in [1.29, 1.82) is 0 Å². The zero-order chi connectivity index (χ0) is 11.5. The highest BCUT2D eigenvalue weighted by molar-refractivity contribution is 9.10. The second kappa shape index (κ2) is 4.87. The lowest BCUT2D eigenvalue weighted by Crippen LogP contribution is -2.24. The minimum Gasteiger partial charge on any atom is -0.207 e. The number of hydrogen-bond acceptors (Lipinski definition) is 2. The first-order chi connectivity index (χ1) is 6.97. The van der Waals surface area contributed by atoms with Gasteiger partial charge in [-0.15, -0.1) is 6.58 Å². The van der Waals surface area contributed by atoms with Crippen molar-refractivity contribution in [1.82, 2.24) is 4.72 Å². The standard InChI is InChI=1S/C9H9BrFNO2S/c1-2-5-12-15(13,14)9-4-3-7(11)6-8(9)10/h2-4,6,12H,1,5H2. The van der Waals surface area contributed by atoms with Crippen molar-refractivity contribution in [3.8, 4) is 0 Å². The minimum absolute atomic E-state index is 0.00532. The first-order valence-corrected chi connectivity index (χ1v) is 6.30. The van der Waals surface area contributed by atoms with E-state index < -0.39 is 15.8 Å². The number of halogens is 2. The molecule has 0 bridgehead atoms. The number of hydrogen-bond donors (Lipinski definition) is 1. The molecule has 0 saturated carbocycles. The van der Waals surface area contributed by atoms with Gasteiger partial charge in [-0.05, 0) is 34.1 Å². The van der Waals surface area contributed by atoms with Gasteiger partial charge in [0.1, 0.15) is 5.82 Å². The van der Waals surface area contributed by atoms with Gasteiger partial charge in [0.05, 0.1) is 4.90 Å². The summed E-state index contributed by atoms with van der Waals surface area (Å²) >= 11 is 2.99. The highest BCUT2D eigenvalue weighted by atomic mass is 79.9. The van der Waals surface area contributed by atoms with E-state index in [9.17, 15) is 12.8 Å². The van der Waals surface area contributed by atoms with E-state index >= 15 is 0 Å². The Hall–Kier alpha value is -0.720. The predicted octanol–water partition coefficient (Wildman–Crippen LogP) is 2.05. The maximum absolute atomic E-state index is 12.7. The van der Waals surface area contributed by atoms with Gasteiger partial charge in [-0.1, -0.05) is 6.08 Å². The molecular weight excluding hydrogens is 285 g/mol. The summed E-state index contributed by atoms with van der Waals surface area (Å²) in [5, 5.41) is 0. The lowest BCUT2D eigenvalue weighted by Gasteiger charge is -2.06. The van der Waals surface area contributed by atoms with Gasteiger partial charge >= 0.3 is 0 Å². The molecule has 0 aliphatic carbocycles. The molecule has 0 radical (unpaired) electrons. The minimum atomic E-state index is -3.60. The fraction of sp³-hybridized carbons (Fsp3) is 0.111. The Labute approximate surface area is 96.2 Å². The van der Waals surface area contributed by atoms with E-state index in [1.807, 2.05) is 0 Å². The summed E-state index contributed by atoms with van der Waals surface area (Å²) < 4.78 is 38.4. The van der Waals surface area contributed by atoms with Crippen LogP contribution >= 0.6 is 15.9 Å². The Morgan fingerprint density at radius 3 is 2.73 bits per heavy atom. The van der Waals surface area contributed by atoms with E-state index in [1.54, 1.807) is 0 Å². The van der Waals surface area contributed by atoms with Crippen molar-refractivity contribution in [2.75, 3.05) is 6.54 Å². The summed E-state index contributed by atoms with van der Waals surface area (Å²) in [6.07, 6.45) is 1.43. The van der Waals surface area contributed by atoms with Gasteiger partial charge in [0.15, 0.2) is 0 Å². The average molecular weight is 294 g/mol. The van der Waals surface area contributed by atoms with Gasteiger partial charge in [-0.3, -0.25) is 0 Å². The third kappa shape index (κ3) is 3.12. The molecule has 15 heavy (non-hydrogen) atoms. The van der Waals surface area contributed by atoms with Crippen molar-refractivity contribution in [3.63, 3.8) is 0 Å². The Bertz CT molecular complexity index is 473. The van der Waals surface area contributed by atoms with Crippen LogP contribution in [0.1, 0.15) is 0 Å². The van der Waals surface area contributed by atoms with Gasteiger partial charge in [0.2, 0.25) is 10.0 Å². The molecule has 1 aromatic rings. The molecule has 1 aromatic carbocycles. The zero-order valence-corrected chi connectivity index (χ0v) is 10.1. The lowest BCUT2D eigenvalue weighted by atomic mass is 10.3. The van der Waals surface area contributed by atoms with Gasteiger partial charge in [-0.25, -0.2) is 17.5 Å². The van der Waals surface area contributed by atoms with E-state index in [1.165, 1.54) is 12.1 Å². The highest BCUT2D eigenvalue weighted by Gasteiger charge is 2.16. The Morgan fingerprint density at radius 2 is 2.20 bits per heavy atom. The second-order valence-electron chi connectivity index (χ2n) is 2.72. The third-order valence-electron chi connectivity index (χ3n) is 1.60. The van der Waals surface area contributed by atoms with Crippen molar-refractivity contribution >= 4 is 26.0 Å². The van der Waals surface area contributed by atoms with Crippen LogP contribution in [0.15, 0.2) is 40.2 Å². The van der Waals surface area contributed by atoms with Crippen molar-refractivity contribution in [2.45, 2.75) is 4.90 Å². The van der Waals surface area contributed by atoms with E-state index in [2.05, 4.69) is 27.2 Å². The van der Waals surface area contributed by atoms with Crippen LogP contribution in [-0.2, 0) is 10.0 Å². The molecule has 0 aliphatic rings. The molecule has 0 spiro atoms. The number of benzene rings is 1. The molecule has 6 heteroatoms. The maximum Gasteiger partial charge on any atom is 0.241 e. The van der Waals surface area contributed by atoms with Crippen LogP contribution in [0.3, 0.4) is 0 Å². The predicted molar refractivity (Wildman–Crippen MR) is 59.5 cm³/mol. The molecule has 0 saturated heterocycles. The first kappa shape index (κ1) is 12.4. The average Bonchev–Trinajstić information content (AvgIpc) is 2.14. The second-order valence-corrected chi connectivity index (χ2v) is 5.31. The van der Waals surface area contributed by atoms with Gasteiger partial charge < -0.3 is 0 Å². The zero-order valence-electron chi connectivity index (χ0n) is 7.70. The quantitative estimate of drug-likeness (QED) is 0.864. The molecular formula is C9H9BrFNO2S. The highest BCUT2D eigenvalue weighted by Crippen LogP contribution is 2.22. The molecule has 0 fully saturated rings. The fourth-order valence-electron chi connectivity index (χ4n) is 0.940.